The molecule has 112 valence electrons. The Morgan fingerprint density at radius 3 is 2.05 bits per heavy atom. The largest absolute Gasteiger partial charge is 0.475 e. The third kappa shape index (κ3) is 2.15. The molecule has 5 rings (SSSR count). The monoisotopic (exact) mass is 289 g/mol. The van der Waals surface area contributed by atoms with Gasteiger partial charge in [0.25, 0.3) is 5.91 Å². The van der Waals surface area contributed by atoms with Crippen LogP contribution in [0.15, 0.2) is 16.5 Å². The molecule has 0 atom stereocenters. The van der Waals surface area contributed by atoms with Crippen molar-refractivity contribution in [2.45, 2.75) is 44.1 Å². The van der Waals surface area contributed by atoms with Gasteiger partial charge in [0, 0.05) is 5.54 Å². The SMILES string of the molecule is O=C(O)c1ccc(C(=O)NC23CC4CC(CC(C4)C2)C3)o1. The van der Waals surface area contributed by atoms with E-state index in [1.165, 1.54) is 31.4 Å². The lowest BCUT2D eigenvalue weighted by molar-refractivity contribution is -0.0171. The number of aromatic carboxylic acids is 1. The van der Waals surface area contributed by atoms with Crippen molar-refractivity contribution in [3.8, 4) is 0 Å². The van der Waals surface area contributed by atoms with Crippen molar-refractivity contribution in [2.75, 3.05) is 0 Å². The number of amides is 1. The van der Waals surface area contributed by atoms with Gasteiger partial charge in [0.05, 0.1) is 0 Å². The molecule has 0 unspecified atom stereocenters. The second-order valence-electron chi connectivity index (χ2n) is 7.12. The minimum Gasteiger partial charge on any atom is -0.475 e. The Hall–Kier alpha value is -1.78. The smallest absolute Gasteiger partial charge is 0.371 e. The zero-order valence-corrected chi connectivity index (χ0v) is 11.8. The Kier molecular flexibility index (Phi) is 2.68. The van der Waals surface area contributed by atoms with Gasteiger partial charge in [0.15, 0.2) is 5.76 Å². The molecular formula is C16H19NO4. The maximum Gasteiger partial charge on any atom is 0.371 e. The second kappa shape index (κ2) is 4.36. The lowest BCUT2D eigenvalue weighted by Crippen LogP contribution is -2.59. The highest BCUT2D eigenvalue weighted by molar-refractivity contribution is 5.94. The van der Waals surface area contributed by atoms with Gasteiger partial charge >= 0.3 is 5.97 Å². The topological polar surface area (TPSA) is 79.5 Å². The van der Waals surface area contributed by atoms with E-state index in [0.29, 0.717) is 0 Å². The van der Waals surface area contributed by atoms with Crippen molar-refractivity contribution in [1.29, 1.82) is 0 Å². The Labute approximate surface area is 122 Å². The third-order valence-corrected chi connectivity index (χ3v) is 5.46. The van der Waals surface area contributed by atoms with Gasteiger partial charge in [0.2, 0.25) is 5.76 Å². The highest BCUT2D eigenvalue weighted by atomic mass is 16.4. The Morgan fingerprint density at radius 1 is 1.05 bits per heavy atom. The number of carbonyl (C=O) groups excluding carboxylic acids is 1. The van der Waals surface area contributed by atoms with Crippen molar-refractivity contribution >= 4 is 11.9 Å². The van der Waals surface area contributed by atoms with E-state index in [1.54, 1.807) is 0 Å². The first kappa shape index (κ1) is 12.9. The molecule has 4 bridgehead atoms. The fourth-order valence-electron chi connectivity index (χ4n) is 5.14. The summed E-state index contributed by atoms with van der Waals surface area (Å²) in [5.74, 6) is 0.746. The molecule has 5 nitrogen and oxygen atoms in total. The molecule has 4 saturated carbocycles. The molecular weight excluding hydrogens is 270 g/mol. The number of carboxylic acid groups (broad SMARTS) is 1. The van der Waals surface area contributed by atoms with E-state index >= 15 is 0 Å². The average molecular weight is 289 g/mol. The summed E-state index contributed by atoms with van der Waals surface area (Å²) in [5, 5.41) is 12.0. The van der Waals surface area contributed by atoms with Crippen LogP contribution in [0.3, 0.4) is 0 Å². The molecule has 4 aliphatic rings. The van der Waals surface area contributed by atoms with E-state index in [-0.39, 0.29) is 23.0 Å². The maximum atomic E-state index is 12.4. The summed E-state index contributed by atoms with van der Waals surface area (Å²) >= 11 is 0. The average Bonchev–Trinajstić information content (AvgIpc) is 2.85. The van der Waals surface area contributed by atoms with Gasteiger partial charge < -0.3 is 14.8 Å². The van der Waals surface area contributed by atoms with Crippen LogP contribution in [0.1, 0.15) is 59.6 Å². The van der Waals surface area contributed by atoms with Gasteiger partial charge in [-0.3, -0.25) is 4.79 Å². The van der Waals surface area contributed by atoms with Gasteiger partial charge in [-0.2, -0.15) is 0 Å². The zero-order valence-electron chi connectivity index (χ0n) is 11.8. The number of nitrogens with one attached hydrogen (secondary N) is 1. The molecule has 0 spiro atoms. The summed E-state index contributed by atoms with van der Waals surface area (Å²) in [6.07, 6.45) is 7.16. The number of furan rings is 1. The van der Waals surface area contributed by atoms with Crippen LogP contribution >= 0.6 is 0 Å². The summed E-state index contributed by atoms with van der Waals surface area (Å²) in [7, 11) is 0. The van der Waals surface area contributed by atoms with E-state index < -0.39 is 5.97 Å². The standard InChI is InChI=1S/C16H19NO4/c18-14(12-1-2-13(21-12)15(19)20)17-16-6-9-3-10(7-16)5-11(4-9)8-16/h1-2,9-11H,3-8H2,(H,17,18)(H,19,20). The molecule has 1 amide bonds. The van der Waals surface area contributed by atoms with Gasteiger partial charge in [-0.05, 0) is 68.4 Å². The molecule has 1 heterocycles. The van der Waals surface area contributed by atoms with E-state index in [9.17, 15) is 9.59 Å². The molecule has 21 heavy (non-hydrogen) atoms. The van der Waals surface area contributed by atoms with Crippen LogP contribution in [-0.2, 0) is 0 Å². The van der Waals surface area contributed by atoms with Crippen molar-refractivity contribution in [3.05, 3.63) is 23.7 Å². The normalized spacial score (nSPS) is 36.7. The van der Waals surface area contributed by atoms with E-state index in [2.05, 4.69) is 5.32 Å². The summed E-state index contributed by atoms with van der Waals surface area (Å²) < 4.78 is 5.11. The maximum absolute atomic E-state index is 12.4. The summed E-state index contributed by atoms with van der Waals surface area (Å²) in [4.78, 5) is 23.2. The first-order valence-corrected chi connectivity index (χ1v) is 7.69. The molecule has 0 radical (unpaired) electrons. The fraction of sp³-hybridized carbons (Fsp3) is 0.625. The molecule has 0 aliphatic heterocycles. The Morgan fingerprint density at radius 2 is 1.57 bits per heavy atom. The first-order chi connectivity index (χ1) is 10.0. The zero-order chi connectivity index (χ0) is 14.6. The number of rotatable bonds is 3. The Bertz CT molecular complexity index is 568. The van der Waals surface area contributed by atoms with Crippen molar-refractivity contribution < 1.29 is 19.1 Å². The van der Waals surface area contributed by atoms with Crippen LogP contribution in [0.4, 0.5) is 0 Å². The molecule has 0 saturated heterocycles. The highest BCUT2D eigenvalue weighted by Gasteiger charge is 2.51. The van der Waals surface area contributed by atoms with E-state index in [4.69, 9.17) is 9.52 Å². The summed E-state index contributed by atoms with van der Waals surface area (Å²) in [6, 6.07) is 2.77. The quantitative estimate of drug-likeness (QED) is 0.896. The predicted molar refractivity (Wildman–Crippen MR) is 74.0 cm³/mol. The summed E-state index contributed by atoms with van der Waals surface area (Å²) in [5.41, 5.74) is -0.0813. The third-order valence-electron chi connectivity index (χ3n) is 5.46. The molecule has 4 fully saturated rings. The molecule has 0 aromatic carbocycles. The highest BCUT2D eigenvalue weighted by Crippen LogP contribution is 2.55. The molecule has 5 heteroatoms. The Balaban J connectivity index is 1.52. The van der Waals surface area contributed by atoms with Gasteiger partial charge in [-0.1, -0.05) is 0 Å². The number of carbonyl (C=O) groups is 2. The lowest BCUT2D eigenvalue weighted by Gasteiger charge is -2.56. The van der Waals surface area contributed by atoms with Crippen LogP contribution in [-0.4, -0.2) is 22.5 Å². The number of carboxylic acids is 1. The molecule has 2 N–H and O–H groups in total. The minimum atomic E-state index is -1.15. The summed E-state index contributed by atoms with van der Waals surface area (Å²) in [6.45, 7) is 0. The predicted octanol–water partition coefficient (Wildman–Crippen LogP) is 2.68. The van der Waals surface area contributed by atoms with Crippen molar-refractivity contribution in [2.24, 2.45) is 17.8 Å². The van der Waals surface area contributed by atoms with Gasteiger partial charge in [-0.25, -0.2) is 4.79 Å². The van der Waals surface area contributed by atoms with Crippen molar-refractivity contribution in [3.63, 3.8) is 0 Å². The van der Waals surface area contributed by atoms with Crippen LogP contribution in [0.25, 0.3) is 0 Å². The van der Waals surface area contributed by atoms with E-state index in [0.717, 1.165) is 37.0 Å². The van der Waals surface area contributed by atoms with Crippen LogP contribution in [0.5, 0.6) is 0 Å². The van der Waals surface area contributed by atoms with Gasteiger partial charge in [0.1, 0.15) is 0 Å². The van der Waals surface area contributed by atoms with Crippen LogP contribution in [0, 0.1) is 17.8 Å². The first-order valence-electron chi connectivity index (χ1n) is 7.69. The van der Waals surface area contributed by atoms with Crippen LogP contribution < -0.4 is 5.32 Å². The molecule has 4 aliphatic carbocycles. The second-order valence-corrected chi connectivity index (χ2v) is 7.12. The van der Waals surface area contributed by atoms with E-state index in [1.807, 2.05) is 0 Å². The molecule has 1 aromatic rings. The van der Waals surface area contributed by atoms with Crippen LogP contribution in [0.2, 0.25) is 0 Å². The van der Waals surface area contributed by atoms with Gasteiger partial charge in [-0.15, -0.1) is 0 Å². The molecule has 1 aromatic heterocycles. The van der Waals surface area contributed by atoms with Crippen molar-refractivity contribution in [1.82, 2.24) is 5.32 Å². The number of hydrogen-bond donors (Lipinski definition) is 2. The minimum absolute atomic E-state index is 0.0813. The fourth-order valence-corrected chi connectivity index (χ4v) is 5.14. The lowest BCUT2D eigenvalue weighted by atomic mass is 9.53. The number of hydrogen-bond acceptors (Lipinski definition) is 3.